The maximum Gasteiger partial charge on any atom is 0.147 e. The summed E-state index contributed by atoms with van der Waals surface area (Å²) < 4.78 is 0.782. The van der Waals surface area contributed by atoms with Crippen LogP contribution in [0, 0.1) is 0 Å². The van der Waals surface area contributed by atoms with Gasteiger partial charge in [0.25, 0.3) is 0 Å². The van der Waals surface area contributed by atoms with E-state index in [-0.39, 0.29) is 10.8 Å². The Bertz CT molecular complexity index is 646. The highest BCUT2D eigenvalue weighted by Gasteiger charge is 2.30. The number of rotatable bonds is 2. The highest BCUT2D eigenvalue weighted by molar-refractivity contribution is 9.10. The molecule has 0 atom stereocenters. The summed E-state index contributed by atoms with van der Waals surface area (Å²) in [5, 5.41) is 0.467. The fourth-order valence-corrected chi connectivity index (χ4v) is 3.12. The summed E-state index contributed by atoms with van der Waals surface area (Å²) in [5.74, 6) is 0.742. The third kappa shape index (κ3) is 3.29. The molecule has 0 fully saturated rings. The van der Waals surface area contributed by atoms with E-state index in [1.54, 1.807) is 0 Å². The second kappa shape index (κ2) is 5.69. The monoisotopic (exact) mass is 366 g/mol. The first-order valence-corrected chi connectivity index (χ1v) is 8.10. The molecule has 1 aromatic heterocycles. The van der Waals surface area contributed by atoms with Crippen LogP contribution in [-0.2, 0) is 10.8 Å². The Labute approximate surface area is 140 Å². The summed E-state index contributed by atoms with van der Waals surface area (Å²) in [5.41, 5.74) is 1.70. The minimum atomic E-state index is -0.300. The van der Waals surface area contributed by atoms with Gasteiger partial charge < -0.3 is 0 Å². The second-order valence-corrected chi connectivity index (χ2v) is 7.89. The topological polar surface area (TPSA) is 25.8 Å². The largest absolute Gasteiger partial charge is 0.235 e. The van der Waals surface area contributed by atoms with Gasteiger partial charge in [0.2, 0.25) is 0 Å². The van der Waals surface area contributed by atoms with Gasteiger partial charge in [0.1, 0.15) is 11.0 Å². The number of aromatic nitrogens is 2. The summed E-state index contributed by atoms with van der Waals surface area (Å²) in [6.45, 7) is 10.6. The average Bonchev–Trinajstić information content (AvgIpc) is 2.41. The molecule has 0 aliphatic carbocycles. The molecular weight excluding hydrogens is 348 g/mol. The van der Waals surface area contributed by atoms with Crippen LogP contribution in [0.1, 0.15) is 51.7 Å². The quantitative estimate of drug-likeness (QED) is 0.653. The lowest BCUT2D eigenvalue weighted by atomic mass is 9.83. The Morgan fingerprint density at radius 1 is 0.952 bits per heavy atom. The van der Waals surface area contributed by atoms with Crippen LogP contribution in [0.25, 0.3) is 0 Å². The van der Waals surface area contributed by atoms with Gasteiger partial charge >= 0.3 is 0 Å². The van der Waals surface area contributed by atoms with E-state index in [4.69, 9.17) is 16.6 Å². The van der Waals surface area contributed by atoms with Crippen molar-refractivity contribution in [3.63, 3.8) is 0 Å². The summed E-state index contributed by atoms with van der Waals surface area (Å²) in [6.07, 6.45) is 0. The first-order chi connectivity index (χ1) is 9.64. The first-order valence-electron chi connectivity index (χ1n) is 6.93. The summed E-state index contributed by atoms with van der Waals surface area (Å²) in [4.78, 5) is 9.31. The highest BCUT2D eigenvalue weighted by Crippen LogP contribution is 2.36. The molecule has 112 valence electrons. The van der Waals surface area contributed by atoms with Crippen LogP contribution in [0.15, 0.2) is 34.8 Å². The van der Waals surface area contributed by atoms with Crippen molar-refractivity contribution in [2.24, 2.45) is 0 Å². The van der Waals surface area contributed by atoms with Gasteiger partial charge in [0, 0.05) is 10.8 Å². The van der Waals surface area contributed by atoms with Crippen molar-refractivity contribution in [2.45, 2.75) is 45.4 Å². The Morgan fingerprint density at radius 2 is 1.52 bits per heavy atom. The van der Waals surface area contributed by atoms with Crippen LogP contribution in [0.3, 0.4) is 0 Å². The van der Waals surface area contributed by atoms with Crippen molar-refractivity contribution in [1.29, 1.82) is 0 Å². The number of hydrogen-bond acceptors (Lipinski definition) is 2. The molecule has 2 rings (SSSR count). The van der Waals surface area contributed by atoms with E-state index in [2.05, 4.69) is 67.7 Å². The smallest absolute Gasteiger partial charge is 0.147 e. The van der Waals surface area contributed by atoms with Crippen LogP contribution < -0.4 is 0 Å². The van der Waals surface area contributed by atoms with E-state index in [0.29, 0.717) is 5.15 Å². The fraction of sp³-hybridized carbons (Fsp3) is 0.412. The molecule has 0 aliphatic rings. The number of benzene rings is 1. The van der Waals surface area contributed by atoms with E-state index in [9.17, 15) is 0 Å². The molecule has 1 aromatic carbocycles. The molecule has 0 saturated carbocycles. The average molecular weight is 368 g/mol. The predicted molar refractivity (Wildman–Crippen MR) is 92.0 cm³/mol. The normalized spacial score (nSPS) is 12.5. The zero-order chi connectivity index (χ0) is 15.8. The van der Waals surface area contributed by atoms with Gasteiger partial charge in [-0.2, -0.15) is 0 Å². The molecular formula is C17H20BrClN2. The minimum Gasteiger partial charge on any atom is -0.235 e. The standard InChI is InChI=1S/C17H20BrClN2/c1-16(2,3)13-12(18)14(19)21-15(20-13)17(4,5)11-9-7-6-8-10-11/h6-10H,1-5H3. The summed E-state index contributed by atoms with van der Waals surface area (Å²) in [7, 11) is 0. The second-order valence-electron chi connectivity index (χ2n) is 6.74. The van der Waals surface area contributed by atoms with Crippen LogP contribution in [0.4, 0.5) is 0 Å². The van der Waals surface area contributed by atoms with Crippen molar-refractivity contribution in [3.05, 3.63) is 57.0 Å². The van der Waals surface area contributed by atoms with Crippen molar-refractivity contribution >= 4 is 27.5 Å². The molecule has 0 spiro atoms. The van der Waals surface area contributed by atoms with E-state index < -0.39 is 0 Å². The number of hydrogen-bond donors (Lipinski definition) is 0. The lowest BCUT2D eigenvalue weighted by Gasteiger charge is -2.27. The molecule has 0 amide bonds. The highest BCUT2D eigenvalue weighted by atomic mass is 79.9. The molecule has 1 heterocycles. The van der Waals surface area contributed by atoms with Gasteiger partial charge in [-0.3, -0.25) is 0 Å². The molecule has 21 heavy (non-hydrogen) atoms. The molecule has 2 aromatic rings. The maximum atomic E-state index is 6.32. The molecule has 0 saturated heterocycles. The van der Waals surface area contributed by atoms with Crippen molar-refractivity contribution < 1.29 is 0 Å². The Kier molecular flexibility index (Phi) is 4.46. The van der Waals surface area contributed by atoms with Crippen LogP contribution in [0.5, 0.6) is 0 Å². The Hall–Kier alpha value is -0.930. The van der Waals surface area contributed by atoms with Gasteiger partial charge in [-0.25, -0.2) is 9.97 Å². The molecule has 0 bridgehead atoms. The van der Waals surface area contributed by atoms with Gasteiger partial charge in [0.05, 0.1) is 10.2 Å². The van der Waals surface area contributed by atoms with E-state index >= 15 is 0 Å². The van der Waals surface area contributed by atoms with E-state index in [1.807, 2.05) is 18.2 Å². The maximum absolute atomic E-state index is 6.32. The lowest BCUT2D eigenvalue weighted by Crippen LogP contribution is -2.26. The predicted octanol–water partition coefficient (Wildman–Crippen LogP) is 5.52. The van der Waals surface area contributed by atoms with Crippen LogP contribution >= 0.6 is 27.5 Å². The summed E-state index contributed by atoms with van der Waals surface area (Å²) in [6, 6.07) is 10.3. The van der Waals surface area contributed by atoms with E-state index in [1.165, 1.54) is 5.56 Å². The minimum absolute atomic E-state index is 0.104. The lowest BCUT2D eigenvalue weighted by molar-refractivity contribution is 0.531. The Morgan fingerprint density at radius 3 is 2.05 bits per heavy atom. The number of halogens is 2. The summed E-state index contributed by atoms with van der Waals surface area (Å²) >= 11 is 9.84. The Balaban J connectivity index is 2.62. The van der Waals surface area contributed by atoms with Gasteiger partial charge in [-0.1, -0.05) is 62.7 Å². The first kappa shape index (κ1) is 16.4. The van der Waals surface area contributed by atoms with Gasteiger partial charge in [0.15, 0.2) is 0 Å². The third-order valence-corrected chi connectivity index (χ3v) is 4.83. The van der Waals surface area contributed by atoms with Gasteiger partial charge in [-0.05, 0) is 35.3 Å². The molecule has 0 radical (unpaired) electrons. The van der Waals surface area contributed by atoms with Gasteiger partial charge in [-0.15, -0.1) is 0 Å². The molecule has 0 N–H and O–H groups in total. The molecule has 0 unspecified atom stereocenters. The van der Waals surface area contributed by atoms with Crippen molar-refractivity contribution in [1.82, 2.24) is 9.97 Å². The fourth-order valence-electron chi connectivity index (χ4n) is 2.18. The number of nitrogens with zero attached hydrogens (tertiary/aromatic N) is 2. The van der Waals surface area contributed by atoms with Crippen LogP contribution in [-0.4, -0.2) is 9.97 Å². The van der Waals surface area contributed by atoms with E-state index in [0.717, 1.165) is 16.0 Å². The molecule has 2 nitrogen and oxygen atoms in total. The zero-order valence-electron chi connectivity index (χ0n) is 13.0. The molecule has 0 aliphatic heterocycles. The van der Waals surface area contributed by atoms with Crippen molar-refractivity contribution in [3.8, 4) is 0 Å². The third-order valence-electron chi connectivity index (χ3n) is 3.58. The SMILES string of the molecule is CC(C)(C)c1nc(C(C)(C)c2ccccc2)nc(Cl)c1Br. The zero-order valence-corrected chi connectivity index (χ0v) is 15.4. The van der Waals surface area contributed by atoms with Crippen molar-refractivity contribution in [2.75, 3.05) is 0 Å². The molecule has 4 heteroatoms. The van der Waals surface area contributed by atoms with Crippen LogP contribution in [0.2, 0.25) is 5.15 Å².